The third kappa shape index (κ3) is 2.59. The van der Waals surface area contributed by atoms with E-state index in [1.54, 1.807) is 4.90 Å². The van der Waals surface area contributed by atoms with Crippen LogP contribution in [0.1, 0.15) is 42.6 Å². The summed E-state index contributed by atoms with van der Waals surface area (Å²) in [5.74, 6) is 1.26. The number of hydrogen-bond donors (Lipinski definition) is 1. The molecule has 7 nitrogen and oxygen atoms in total. The van der Waals surface area contributed by atoms with Gasteiger partial charge in [0, 0.05) is 29.6 Å². The molecule has 0 aliphatic carbocycles. The number of imide groups is 1. The lowest BCUT2D eigenvalue weighted by molar-refractivity contribution is -0.128. The smallest absolute Gasteiger partial charge is 0.328 e. The first-order valence-corrected chi connectivity index (χ1v) is 10.8. The second-order valence-corrected chi connectivity index (χ2v) is 8.33. The number of hydrogen-bond acceptors (Lipinski definition) is 4. The zero-order chi connectivity index (χ0) is 21.1. The van der Waals surface area contributed by atoms with Gasteiger partial charge in [-0.3, -0.25) is 14.6 Å². The summed E-state index contributed by atoms with van der Waals surface area (Å²) in [6.07, 6.45) is 2.26. The van der Waals surface area contributed by atoms with Crippen LogP contribution in [-0.4, -0.2) is 46.1 Å². The average molecular weight is 417 g/mol. The van der Waals surface area contributed by atoms with E-state index >= 15 is 0 Å². The van der Waals surface area contributed by atoms with Gasteiger partial charge in [0.25, 0.3) is 5.91 Å². The predicted molar refractivity (Wildman–Crippen MR) is 114 cm³/mol. The van der Waals surface area contributed by atoms with E-state index in [9.17, 15) is 9.59 Å². The van der Waals surface area contributed by atoms with Crippen molar-refractivity contribution in [2.75, 3.05) is 13.3 Å². The third-order valence-electron chi connectivity index (χ3n) is 6.58. The summed E-state index contributed by atoms with van der Waals surface area (Å²) in [5.41, 5.74) is 4.00. The molecule has 0 saturated carbocycles. The number of H-pyrrole nitrogens is 1. The fourth-order valence-electron chi connectivity index (χ4n) is 5.08. The van der Waals surface area contributed by atoms with Gasteiger partial charge in [-0.1, -0.05) is 37.6 Å². The number of carbonyl (C=O) groups is 2. The van der Waals surface area contributed by atoms with E-state index in [0.29, 0.717) is 24.5 Å². The maximum atomic E-state index is 13.5. The number of benzene rings is 2. The summed E-state index contributed by atoms with van der Waals surface area (Å²) in [6, 6.07) is 12.8. The SMILES string of the molecule is CCCCN1C(=O)[C@H]2Cc3c([nH]c4ccccc34)[C@H](c3ccc4c(c3)OCO4)N2C1=O. The van der Waals surface area contributed by atoms with Crippen LogP contribution in [0.5, 0.6) is 11.5 Å². The fraction of sp³-hybridized carbons (Fsp3) is 0.333. The lowest BCUT2D eigenvalue weighted by atomic mass is 9.88. The topological polar surface area (TPSA) is 74.9 Å². The van der Waals surface area contributed by atoms with E-state index in [4.69, 9.17) is 9.47 Å². The minimum absolute atomic E-state index is 0.0971. The molecule has 3 aromatic rings. The van der Waals surface area contributed by atoms with Crippen LogP contribution in [0.25, 0.3) is 10.9 Å². The number of aromatic amines is 1. The first-order valence-electron chi connectivity index (χ1n) is 10.8. The molecule has 0 bridgehead atoms. The maximum absolute atomic E-state index is 13.5. The van der Waals surface area contributed by atoms with E-state index in [0.717, 1.165) is 40.6 Å². The lowest BCUT2D eigenvalue weighted by Gasteiger charge is -2.36. The van der Waals surface area contributed by atoms with E-state index < -0.39 is 12.1 Å². The van der Waals surface area contributed by atoms with Crippen LogP contribution in [0, 0.1) is 0 Å². The number of rotatable bonds is 4. The highest BCUT2D eigenvalue weighted by molar-refractivity contribution is 6.05. The van der Waals surface area contributed by atoms with Gasteiger partial charge in [-0.2, -0.15) is 0 Å². The Morgan fingerprint density at radius 3 is 2.81 bits per heavy atom. The van der Waals surface area contributed by atoms with Crippen molar-refractivity contribution in [3.05, 3.63) is 59.3 Å². The number of fused-ring (bicyclic) bond motifs is 5. The number of carbonyl (C=O) groups excluding carboxylic acids is 2. The quantitative estimate of drug-likeness (QED) is 0.652. The maximum Gasteiger partial charge on any atom is 0.328 e. The Balaban J connectivity index is 1.52. The summed E-state index contributed by atoms with van der Waals surface area (Å²) in [4.78, 5) is 33.5. The minimum atomic E-state index is -0.494. The molecular weight excluding hydrogens is 394 g/mol. The Morgan fingerprint density at radius 1 is 1.10 bits per heavy atom. The largest absolute Gasteiger partial charge is 0.454 e. The zero-order valence-corrected chi connectivity index (χ0v) is 17.3. The monoisotopic (exact) mass is 417 g/mol. The molecule has 0 radical (unpaired) electrons. The number of ether oxygens (including phenoxy) is 2. The second-order valence-electron chi connectivity index (χ2n) is 8.33. The molecule has 6 rings (SSSR count). The van der Waals surface area contributed by atoms with Gasteiger partial charge in [-0.05, 0) is 35.7 Å². The van der Waals surface area contributed by atoms with Crippen LogP contribution in [0.15, 0.2) is 42.5 Å². The summed E-state index contributed by atoms with van der Waals surface area (Å²) in [6.45, 7) is 2.71. The van der Waals surface area contributed by atoms with Crippen LogP contribution in [0.4, 0.5) is 4.79 Å². The molecule has 3 amide bonds. The first kappa shape index (κ1) is 18.3. The highest BCUT2D eigenvalue weighted by atomic mass is 16.7. The molecule has 31 heavy (non-hydrogen) atoms. The van der Waals surface area contributed by atoms with Crippen LogP contribution in [0.3, 0.4) is 0 Å². The molecule has 3 aliphatic heterocycles. The fourth-order valence-corrected chi connectivity index (χ4v) is 5.08. The van der Waals surface area contributed by atoms with Crippen LogP contribution >= 0.6 is 0 Å². The Hall–Kier alpha value is -3.48. The second kappa shape index (κ2) is 6.77. The summed E-state index contributed by atoms with van der Waals surface area (Å²) in [5, 5.41) is 1.11. The number of amides is 3. The van der Waals surface area contributed by atoms with Crippen molar-refractivity contribution in [2.45, 2.75) is 38.3 Å². The number of nitrogens with zero attached hydrogens (tertiary/aromatic N) is 2. The Kier molecular flexibility index (Phi) is 4.00. The lowest BCUT2D eigenvalue weighted by Crippen LogP contribution is -2.44. The van der Waals surface area contributed by atoms with E-state index in [1.807, 2.05) is 36.4 Å². The van der Waals surface area contributed by atoms with Crippen molar-refractivity contribution < 1.29 is 19.1 Å². The minimum Gasteiger partial charge on any atom is -0.454 e. The normalized spacial score (nSPS) is 21.7. The zero-order valence-electron chi connectivity index (χ0n) is 17.3. The molecule has 2 aromatic carbocycles. The number of unbranched alkanes of at least 4 members (excludes halogenated alkanes) is 1. The standard InChI is InChI=1S/C24H23N3O4/c1-2-3-10-26-23(28)18-12-16-15-6-4-5-7-17(15)25-21(16)22(27(18)24(26)29)14-8-9-19-20(11-14)31-13-30-19/h4-9,11,18,22,25H,2-3,10,12-13H2,1H3/t18-,22+/m1/s1. The number of nitrogens with one attached hydrogen (secondary N) is 1. The van der Waals surface area contributed by atoms with Gasteiger partial charge in [0.2, 0.25) is 6.79 Å². The van der Waals surface area contributed by atoms with Gasteiger partial charge >= 0.3 is 6.03 Å². The van der Waals surface area contributed by atoms with Crippen LogP contribution in [0.2, 0.25) is 0 Å². The van der Waals surface area contributed by atoms with Gasteiger partial charge in [0.1, 0.15) is 12.1 Å². The summed E-state index contributed by atoms with van der Waals surface area (Å²) in [7, 11) is 0. The molecule has 0 spiro atoms. The summed E-state index contributed by atoms with van der Waals surface area (Å²) < 4.78 is 11.1. The van der Waals surface area contributed by atoms with E-state index in [2.05, 4.69) is 18.0 Å². The molecule has 1 saturated heterocycles. The Bertz CT molecular complexity index is 1220. The molecule has 0 unspecified atom stereocenters. The van der Waals surface area contributed by atoms with Crippen molar-refractivity contribution in [2.24, 2.45) is 0 Å². The van der Waals surface area contributed by atoms with Gasteiger partial charge < -0.3 is 14.5 Å². The van der Waals surface area contributed by atoms with E-state index in [1.165, 1.54) is 4.90 Å². The summed E-state index contributed by atoms with van der Waals surface area (Å²) >= 11 is 0. The van der Waals surface area contributed by atoms with Gasteiger partial charge in [-0.15, -0.1) is 0 Å². The average Bonchev–Trinajstić information content (AvgIpc) is 3.46. The van der Waals surface area contributed by atoms with Gasteiger partial charge in [0.05, 0.1) is 0 Å². The molecule has 1 fully saturated rings. The molecule has 2 atom stereocenters. The van der Waals surface area contributed by atoms with E-state index in [-0.39, 0.29) is 18.7 Å². The van der Waals surface area contributed by atoms with Crippen molar-refractivity contribution in [1.29, 1.82) is 0 Å². The molecule has 158 valence electrons. The van der Waals surface area contributed by atoms with Crippen molar-refractivity contribution in [3.63, 3.8) is 0 Å². The number of aromatic nitrogens is 1. The van der Waals surface area contributed by atoms with Gasteiger partial charge in [0.15, 0.2) is 11.5 Å². The van der Waals surface area contributed by atoms with Crippen molar-refractivity contribution >= 4 is 22.8 Å². The third-order valence-corrected chi connectivity index (χ3v) is 6.58. The van der Waals surface area contributed by atoms with Crippen LogP contribution in [-0.2, 0) is 11.2 Å². The van der Waals surface area contributed by atoms with Crippen molar-refractivity contribution in [1.82, 2.24) is 14.8 Å². The molecule has 1 aromatic heterocycles. The molecule has 7 heteroatoms. The first-order chi connectivity index (χ1) is 15.2. The Labute approximate surface area is 179 Å². The Morgan fingerprint density at radius 2 is 1.94 bits per heavy atom. The molecule has 3 aliphatic rings. The predicted octanol–water partition coefficient (Wildman–Crippen LogP) is 3.98. The van der Waals surface area contributed by atoms with Gasteiger partial charge in [-0.25, -0.2) is 4.79 Å². The highest BCUT2D eigenvalue weighted by Gasteiger charge is 2.52. The molecule has 4 heterocycles. The number of urea groups is 1. The van der Waals surface area contributed by atoms with Crippen LogP contribution < -0.4 is 9.47 Å². The molecule has 1 N–H and O–H groups in total. The molecular formula is C24H23N3O4. The van der Waals surface area contributed by atoms with Crippen molar-refractivity contribution in [3.8, 4) is 11.5 Å². The highest BCUT2D eigenvalue weighted by Crippen LogP contribution is 2.46. The number of para-hydroxylation sites is 1.